The van der Waals surface area contributed by atoms with Gasteiger partial charge in [0, 0.05) is 46.7 Å². The summed E-state index contributed by atoms with van der Waals surface area (Å²) in [7, 11) is 0. The van der Waals surface area contributed by atoms with E-state index in [-0.39, 0.29) is 17.5 Å². The fraction of sp³-hybridized carbons (Fsp3) is 0.333. The molecule has 1 unspecified atom stereocenters. The SMILES string of the molecule is CC1=C(C)C(=O)C(C(CCC/C=C/C(=O)O)c2cccnc2)=C(C)C1=O. The smallest absolute Gasteiger partial charge is 0.327 e. The minimum absolute atomic E-state index is 0.0863. The van der Waals surface area contributed by atoms with E-state index in [4.69, 9.17) is 5.11 Å². The van der Waals surface area contributed by atoms with Crippen LogP contribution in [-0.2, 0) is 14.4 Å². The molecule has 26 heavy (non-hydrogen) atoms. The largest absolute Gasteiger partial charge is 0.478 e. The fourth-order valence-corrected chi connectivity index (χ4v) is 3.22. The number of hydrogen-bond acceptors (Lipinski definition) is 4. The first-order valence-electron chi connectivity index (χ1n) is 8.61. The molecule has 1 aliphatic carbocycles. The van der Waals surface area contributed by atoms with E-state index in [0.29, 0.717) is 41.6 Å². The van der Waals surface area contributed by atoms with Gasteiger partial charge in [-0.2, -0.15) is 0 Å². The number of aromatic nitrogens is 1. The Morgan fingerprint density at radius 1 is 1.15 bits per heavy atom. The normalized spacial score (nSPS) is 16.6. The van der Waals surface area contributed by atoms with Crippen LogP contribution >= 0.6 is 0 Å². The number of unbranched alkanes of at least 4 members (excludes halogenated alkanes) is 1. The molecule has 0 bridgehead atoms. The van der Waals surface area contributed by atoms with Crippen LogP contribution in [0, 0.1) is 0 Å². The molecule has 5 nitrogen and oxygen atoms in total. The Balaban J connectivity index is 2.34. The highest BCUT2D eigenvalue weighted by atomic mass is 16.4. The molecule has 1 N–H and O–H groups in total. The molecule has 0 spiro atoms. The average Bonchev–Trinajstić information content (AvgIpc) is 2.63. The number of carboxylic acid groups (broad SMARTS) is 1. The first-order chi connectivity index (χ1) is 12.3. The van der Waals surface area contributed by atoms with Crippen molar-refractivity contribution in [2.45, 2.75) is 46.0 Å². The van der Waals surface area contributed by atoms with E-state index in [9.17, 15) is 14.4 Å². The summed E-state index contributed by atoms with van der Waals surface area (Å²) in [6, 6.07) is 3.72. The second kappa shape index (κ2) is 8.52. The fourth-order valence-electron chi connectivity index (χ4n) is 3.22. The van der Waals surface area contributed by atoms with Crippen LogP contribution in [0.5, 0.6) is 0 Å². The number of aliphatic carboxylic acids is 1. The van der Waals surface area contributed by atoms with Gasteiger partial charge < -0.3 is 5.11 Å². The first kappa shape index (κ1) is 19.5. The van der Waals surface area contributed by atoms with Crippen molar-refractivity contribution >= 4 is 17.5 Å². The zero-order valence-corrected chi connectivity index (χ0v) is 15.3. The molecule has 1 heterocycles. The third-order valence-electron chi connectivity index (χ3n) is 4.79. The predicted octanol–water partition coefficient (Wildman–Crippen LogP) is 3.78. The van der Waals surface area contributed by atoms with Crippen molar-refractivity contribution in [3.8, 4) is 0 Å². The summed E-state index contributed by atoms with van der Waals surface area (Å²) >= 11 is 0. The Hall–Kier alpha value is -2.82. The Bertz CT molecular complexity index is 816. The van der Waals surface area contributed by atoms with Crippen LogP contribution in [0.3, 0.4) is 0 Å². The highest BCUT2D eigenvalue weighted by Crippen LogP contribution is 2.37. The maximum Gasteiger partial charge on any atom is 0.327 e. The van der Waals surface area contributed by atoms with Gasteiger partial charge in [0.25, 0.3) is 0 Å². The Labute approximate surface area is 153 Å². The average molecular weight is 353 g/mol. The molecule has 2 rings (SSSR count). The van der Waals surface area contributed by atoms with E-state index in [2.05, 4.69) is 4.98 Å². The Morgan fingerprint density at radius 3 is 2.46 bits per heavy atom. The molecule has 1 aliphatic rings. The standard InChI is InChI=1S/C21H23NO4/c1-13-14(2)21(26)19(15(3)20(13)25)17(16-8-7-11-22-12-16)9-5-4-6-10-18(23)24/h6-8,10-12,17H,4-5,9H2,1-3H3,(H,23,24)/b10-6+. The highest BCUT2D eigenvalue weighted by Gasteiger charge is 2.33. The number of nitrogens with zero attached hydrogens (tertiary/aromatic N) is 1. The van der Waals surface area contributed by atoms with Crippen molar-refractivity contribution in [1.82, 2.24) is 4.98 Å². The molecule has 0 fully saturated rings. The molecular weight excluding hydrogens is 330 g/mol. The third-order valence-corrected chi connectivity index (χ3v) is 4.79. The zero-order valence-electron chi connectivity index (χ0n) is 15.3. The number of carbonyl (C=O) groups excluding carboxylic acids is 2. The topological polar surface area (TPSA) is 84.3 Å². The molecule has 5 heteroatoms. The molecule has 0 aromatic carbocycles. The first-order valence-corrected chi connectivity index (χ1v) is 8.61. The number of rotatable bonds is 7. The Kier molecular flexibility index (Phi) is 6.39. The second-order valence-electron chi connectivity index (χ2n) is 6.46. The van der Waals surface area contributed by atoms with Crippen LogP contribution in [0.15, 0.2) is 59.0 Å². The van der Waals surface area contributed by atoms with Gasteiger partial charge in [0.2, 0.25) is 0 Å². The summed E-state index contributed by atoms with van der Waals surface area (Å²) < 4.78 is 0. The predicted molar refractivity (Wildman–Crippen MR) is 98.7 cm³/mol. The molecule has 1 aromatic heterocycles. The van der Waals surface area contributed by atoms with Gasteiger partial charge in [-0.25, -0.2) is 4.79 Å². The van der Waals surface area contributed by atoms with Gasteiger partial charge >= 0.3 is 5.97 Å². The maximum atomic E-state index is 12.9. The number of carbonyl (C=O) groups is 3. The van der Waals surface area contributed by atoms with Crippen molar-refractivity contribution in [2.24, 2.45) is 0 Å². The molecule has 0 radical (unpaired) electrons. The van der Waals surface area contributed by atoms with Crippen molar-refractivity contribution in [1.29, 1.82) is 0 Å². The summed E-state index contributed by atoms with van der Waals surface area (Å²) in [4.78, 5) is 40.1. The summed E-state index contributed by atoms with van der Waals surface area (Å²) in [5, 5.41) is 8.67. The molecule has 0 saturated carbocycles. The van der Waals surface area contributed by atoms with Crippen LogP contribution < -0.4 is 0 Å². The third kappa shape index (κ3) is 4.23. The molecule has 1 atom stereocenters. The van der Waals surface area contributed by atoms with Crippen LogP contribution in [0.25, 0.3) is 0 Å². The number of allylic oxidation sites excluding steroid dienone is 5. The van der Waals surface area contributed by atoms with Crippen LogP contribution in [0.4, 0.5) is 0 Å². The molecule has 136 valence electrons. The van der Waals surface area contributed by atoms with Crippen molar-refractivity contribution in [3.63, 3.8) is 0 Å². The summed E-state index contributed by atoms with van der Waals surface area (Å²) in [5.74, 6) is -1.38. The minimum Gasteiger partial charge on any atom is -0.478 e. The van der Waals surface area contributed by atoms with Crippen LogP contribution in [-0.4, -0.2) is 27.6 Å². The lowest BCUT2D eigenvalue weighted by molar-refractivity contribution is -0.131. The van der Waals surface area contributed by atoms with E-state index in [1.807, 2.05) is 12.1 Å². The van der Waals surface area contributed by atoms with Gasteiger partial charge in [-0.05, 0) is 51.7 Å². The Morgan fingerprint density at radius 2 is 1.85 bits per heavy atom. The van der Waals surface area contributed by atoms with Crippen molar-refractivity contribution in [3.05, 3.63) is 64.5 Å². The summed E-state index contributed by atoms with van der Waals surface area (Å²) in [5.41, 5.74) is 2.92. The molecular formula is C21H23NO4. The van der Waals surface area contributed by atoms with E-state index < -0.39 is 5.97 Å². The molecule has 0 aliphatic heterocycles. The molecule has 0 amide bonds. The van der Waals surface area contributed by atoms with Gasteiger partial charge in [-0.15, -0.1) is 0 Å². The number of carboxylic acids is 1. The lowest BCUT2D eigenvalue weighted by Gasteiger charge is -2.26. The van der Waals surface area contributed by atoms with Crippen LogP contribution in [0.2, 0.25) is 0 Å². The van der Waals surface area contributed by atoms with Gasteiger partial charge in [-0.1, -0.05) is 12.1 Å². The van der Waals surface area contributed by atoms with E-state index in [0.717, 1.165) is 11.6 Å². The van der Waals surface area contributed by atoms with Gasteiger partial charge in [0.05, 0.1) is 0 Å². The lowest BCUT2D eigenvalue weighted by atomic mass is 9.76. The van der Waals surface area contributed by atoms with E-state index in [1.165, 1.54) is 0 Å². The maximum absolute atomic E-state index is 12.9. The van der Waals surface area contributed by atoms with E-state index >= 15 is 0 Å². The second-order valence-corrected chi connectivity index (χ2v) is 6.46. The highest BCUT2D eigenvalue weighted by molar-refractivity contribution is 6.25. The quantitative estimate of drug-likeness (QED) is 0.458. The molecule has 1 aromatic rings. The lowest BCUT2D eigenvalue weighted by Crippen LogP contribution is -2.24. The zero-order chi connectivity index (χ0) is 19.3. The van der Waals surface area contributed by atoms with E-state index in [1.54, 1.807) is 39.2 Å². The summed E-state index contributed by atoms with van der Waals surface area (Å²) in [6.07, 6.45) is 8.03. The van der Waals surface area contributed by atoms with Gasteiger partial charge in [0.15, 0.2) is 11.6 Å². The van der Waals surface area contributed by atoms with Gasteiger partial charge in [-0.3, -0.25) is 14.6 Å². The number of ketones is 2. The van der Waals surface area contributed by atoms with Gasteiger partial charge in [0.1, 0.15) is 0 Å². The monoisotopic (exact) mass is 353 g/mol. The molecule has 0 saturated heterocycles. The minimum atomic E-state index is -0.975. The van der Waals surface area contributed by atoms with Crippen molar-refractivity contribution < 1.29 is 19.5 Å². The summed E-state index contributed by atoms with van der Waals surface area (Å²) in [6.45, 7) is 5.09. The number of Topliss-reactive ketones (excluding diaryl/α,β-unsaturated/α-hetero) is 2. The number of hydrogen-bond donors (Lipinski definition) is 1. The van der Waals surface area contributed by atoms with Crippen molar-refractivity contribution in [2.75, 3.05) is 0 Å². The number of pyridine rings is 1. The van der Waals surface area contributed by atoms with Crippen LogP contribution in [0.1, 0.15) is 51.5 Å².